The molecule has 2 N–H and O–H groups in total. The average molecular weight is 230 g/mol. The summed E-state index contributed by atoms with van der Waals surface area (Å²) >= 11 is 0. The molecule has 5 heteroatoms. The van der Waals surface area contributed by atoms with Gasteiger partial charge in [0.15, 0.2) is 0 Å². The van der Waals surface area contributed by atoms with Gasteiger partial charge in [0.2, 0.25) is 0 Å². The number of anilines is 2. The number of hydrogen-bond donors (Lipinski definition) is 2. The standard InChI is InChI=1S/C12H14N4O/c1-2-16-11(8-9-13-16)15-12(17)14-10-6-4-3-5-7-10/h3-9H,2H2,1H3,(H2,14,15,17). The molecular formula is C12H14N4O. The third-order valence-electron chi connectivity index (χ3n) is 2.29. The largest absolute Gasteiger partial charge is 0.324 e. The number of aryl methyl sites for hydroxylation is 1. The first-order valence-electron chi connectivity index (χ1n) is 5.44. The Balaban J connectivity index is 1.98. The van der Waals surface area contributed by atoms with Gasteiger partial charge in [-0.05, 0) is 19.1 Å². The monoisotopic (exact) mass is 230 g/mol. The van der Waals surface area contributed by atoms with E-state index in [1.54, 1.807) is 16.9 Å². The Labute approximate surface area is 99.5 Å². The minimum atomic E-state index is -0.272. The first kappa shape index (κ1) is 11.2. The highest BCUT2D eigenvalue weighted by molar-refractivity contribution is 5.99. The van der Waals surface area contributed by atoms with Crippen LogP contribution in [-0.4, -0.2) is 15.8 Å². The van der Waals surface area contributed by atoms with Crippen molar-refractivity contribution in [1.82, 2.24) is 9.78 Å². The van der Waals surface area contributed by atoms with Crippen LogP contribution in [0.25, 0.3) is 0 Å². The number of benzene rings is 1. The topological polar surface area (TPSA) is 59.0 Å². The molecule has 0 aliphatic rings. The Bertz CT molecular complexity index is 492. The molecule has 0 aliphatic carbocycles. The van der Waals surface area contributed by atoms with Crippen LogP contribution in [-0.2, 0) is 6.54 Å². The lowest BCUT2D eigenvalue weighted by molar-refractivity contribution is 0.262. The third kappa shape index (κ3) is 2.84. The number of nitrogens with zero attached hydrogens (tertiary/aromatic N) is 2. The van der Waals surface area contributed by atoms with E-state index in [0.717, 1.165) is 5.69 Å². The lowest BCUT2D eigenvalue weighted by atomic mass is 10.3. The molecule has 0 spiro atoms. The zero-order chi connectivity index (χ0) is 12.1. The predicted molar refractivity (Wildman–Crippen MR) is 67.0 cm³/mol. The number of aromatic nitrogens is 2. The van der Waals surface area contributed by atoms with Crippen molar-refractivity contribution >= 4 is 17.5 Å². The van der Waals surface area contributed by atoms with E-state index in [4.69, 9.17) is 0 Å². The normalized spacial score (nSPS) is 9.94. The maximum Gasteiger partial charge on any atom is 0.324 e. The molecule has 88 valence electrons. The van der Waals surface area contributed by atoms with E-state index in [1.165, 1.54) is 0 Å². The molecule has 5 nitrogen and oxygen atoms in total. The molecule has 1 aromatic carbocycles. The number of rotatable bonds is 3. The van der Waals surface area contributed by atoms with Crippen molar-refractivity contribution in [3.05, 3.63) is 42.6 Å². The molecule has 2 rings (SSSR count). The molecule has 2 amide bonds. The molecule has 1 aromatic heterocycles. The second-order valence-electron chi connectivity index (χ2n) is 3.48. The van der Waals surface area contributed by atoms with E-state index in [0.29, 0.717) is 12.4 Å². The van der Waals surface area contributed by atoms with Gasteiger partial charge < -0.3 is 5.32 Å². The Morgan fingerprint density at radius 1 is 1.24 bits per heavy atom. The van der Waals surface area contributed by atoms with E-state index < -0.39 is 0 Å². The maximum absolute atomic E-state index is 11.7. The highest BCUT2D eigenvalue weighted by Gasteiger charge is 2.05. The van der Waals surface area contributed by atoms with Gasteiger partial charge in [-0.2, -0.15) is 5.10 Å². The van der Waals surface area contributed by atoms with Crippen molar-refractivity contribution in [2.75, 3.05) is 10.6 Å². The van der Waals surface area contributed by atoms with Gasteiger partial charge in [0.1, 0.15) is 5.82 Å². The Morgan fingerprint density at radius 2 is 2.00 bits per heavy atom. The van der Waals surface area contributed by atoms with Crippen molar-refractivity contribution < 1.29 is 4.79 Å². The Hall–Kier alpha value is -2.30. The summed E-state index contributed by atoms with van der Waals surface area (Å²) in [6.07, 6.45) is 1.65. The fourth-order valence-corrected chi connectivity index (χ4v) is 1.49. The summed E-state index contributed by atoms with van der Waals surface area (Å²) in [7, 11) is 0. The molecular weight excluding hydrogens is 216 g/mol. The van der Waals surface area contributed by atoms with Gasteiger partial charge in [-0.15, -0.1) is 0 Å². The van der Waals surface area contributed by atoms with Gasteiger partial charge in [-0.3, -0.25) is 5.32 Å². The van der Waals surface area contributed by atoms with Crippen LogP contribution in [0.5, 0.6) is 0 Å². The quantitative estimate of drug-likeness (QED) is 0.851. The number of hydrogen-bond acceptors (Lipinski definition) is 2. The number of carbonyl (C=O) groups is 1. The second-order valence-corrected chi connectivity index (χ2v) is 3.48. The summed E-state index contributed by atoms with van der Waals surface area (Å²) in [5, 5.41) is 9.55. The fraction of sp³-hybridized carbons (Fsp3) is 0.167. The molecule has 0 bridgehead atoms. The van der Waals surface area contributed by atoms with Crippen LogP contribution < -0.4 is 10.6 Å². The third-order valence-corrected chi connectivity index (χ3v) is 2.29. The van der Waals surface area contributed by atoms with E-state index in [2.05, 4.69) is 15.7 Å². The van der Waals surface area contributed by atoms with E-state index in [1.807, 2.05) is 37.3 Å². The SMILES string of the molecule is CCn1nccc1NC(=O)Nc1ccccc1. The fourth-order valence-electron chi connectivity index (χ4n) is 1.49. The highest BCUT2D eigenvalue weighted by Crippen LogP contribution is 2.08. The molecule has 0 saturated heterocycles. The summed E-state index contributed by atoms with van der Waals surface area (Å²) in [5.41, 5.74) is 0.757. The van der Waals surface area contributed by atoms with Gasteiger partial charge >= 0.3 is 6.03 Å². The highest BCUT2D eigenvalue weighted by atomic mass is 16.2. The molecule has 0 fully saturated rings. The summed E-state index contributed by atoms with van der Waals surface area (Å²) in [4.78, 5) is 11.7. The van der Waals surface area contributed by atoms with Gasteiger partial charge in [-0.25, -0.2) is 9.48 Å². The van der Waals surface area contributed by atoms with Crippen LogP contribution in [0.1, 0.15) is 6.92 Å². The number of nitrogens with one attached hydrogen (secondary N) is 2. The lowest BCUT2D eigenvalue weighted by Gasteiger charge is -2.08. The minimum absolute atomic E-state index is 0.272. The van der Waals surface area contributed by atoms with Gasteiger partial charge in [0.05, 0.1) is 6.20 Å². The summed E-state index contributed by atoms with van der Waals surface area (Å²) in [6, 6.07) is 10.8. The number of carbonyl (C=O) groups excluding carboxylic acids is 1. The zero-order valence-corrected chi connectivity index (χ0v) is 9.55. The molecule has 0 radical (unpaired) electrons. The Kier molecular flexibility index (Phi) is 3.40. The van der Waals surface area contributed by atoms with Crippen molar-refractivity contribution in [3.63, 3.8) is 0 Å². The van der Waals surface area contributed by atoms with Crippen molar-refractivity contribution in [3.8, 4) is 0 Å². The maximum atomic E-state index is 11.7. The Morgan fingerprint density at radius 3 is 2.71 bits per heavy atom. The van der Waals surface area contributed by atoms with E-state index in [-0.39, 0.29) is 6.03 Å². The average Bonchev–Trinajstić information content (AvgIpc) is 2.77. The minimum Gasteiger partial charge on any atom is -0.308 e. The molecule has 17 heavy (non-hydrogen) atoms. The molecule has 0 atom stereocenters. The summed E-state index contributed by atoms with van der Waals surface area (Å²) in [5.74, 6) is 0.681. The molecule has 1 heterocycles. The van der Waals surface area contributed by atoms with Crippen molar-refractivity contribution in [2.45, 2.75) is 13.5 Å². The molecule has 0 aliphatic heterocycles. The number of amides is 2. The van der Waals surface area contributed by atoms with E-state index in [9.17, 15) is 4.79 Å². The van der Waals surface area contributed by atoms with Crippen molar-refractivity contribution in [1.29, 1.82) is 0 Å². The molecule has 0 saturated carbocycles. The smallest absolute Gasteiger partial charge is 0.308 e. The summed E-state index contributed by atoms with van der Waals surface area (Å²) in [6.45, 7) is 2.68. The summed E-state index contributed by atoms with van der Waals surface area (Å²) < 4.78 is 1.71. The van der Waals surface area contributed by atoms with E-state index >= 15 is 0 Å². The first-order chi connectivity index (χ1) is 8.29. The first-order valence-corrected chi connectivity index (χ1v) is 5.44. The van der Waals surface area contributed by atoms with Crippen LogP contribution in [0, 0.1) is 0 Å². The van der Waals surface area contributed by atoms with Crippen LogP contribution in [0.15, 0.2) is 42.6 Å². The van der Waals surface area contributed by atoms with Gasteiger partial charge in [-0.1, -0.05) is 18.2 Å². The molecule has 0 unspecified atom stereocenters. The van der Waals surface area contributed by atoms with Crippen LogP contribution in [0.3, 0.4) is 0 Å². The molecule has 2 aromatic rings. The second kappa shape index (κ2) is 5.16. The van der Waals surface area contributed by atoms with Crippen LogP contribution in [0.4, 0.5) is 16.3 Å². The van der Waals surface area contributed by atoms with Crippen molar-refractivity contribution in [2.24, 2.45) is 0 Å². The number of urea groups is 1. The van der Waals surface area contributed by atoms with Crippen LogP contribution >= 0.6 is 0 Å². The van der Waals surface area contributed by atoms with Gasteiger partial charge in [0.25, 0.3) is 0 Å². The lowest BCUT2D eigenvalue weighted by Crippen LogP contribution is -2.21. The zero-order valence-electron chi connectivity index (χ0n) is 9.55. The number of para-hydroxylation sites is 1. The van der Waals surface area contributed by atoms with Gasteiger partial charge in [0, 0.05) is 18.3 Å². The predicted octanol–water partition coefficient (Wildman–Crippen LogP) is 2.55. The van der Waals surface area contributed by atoms with Crippen LogP contribution in [0.2, 0.25) is 0 Å².